The number of hydrogen-bond acceptors (Lipinski definition) is 2. The number of nitrogens with zero attached hydrogens (tertiary/aromatic N) is 1. The number of urea groups is 1. The first-order valence-electron chi connectivity index (χ1n) is 10.1. The molecule has 5 heteroatoms. The Balaban J connectivity index is 1.59. The van der Waals surface area contributed by atoms with Crippen molar-refractivity contribution in [2.45, 2.75) is 26.3 Å². The number of carbonyl (C=O) groups excluding carboxylic acids is 2. The van der Waals surface area contributed by atoms with Gasteiger partial charge in [-0.05, 0) is 54.7 Å². The van der Waals surface area contributed by atoms with E-state index in [2.05, 4.69) is 10.6 Å². The Kier molecular flexibility index (Phi) is 5.53. The zero-order chi connectivity index (χ0) is 21.1. The van der Waals surface area contributed by atoms with Crippen molar-refractivity contribution in [3.05, 3.63) is 95.1 Å². The average Bonchev–Trinajstić information content (AvgIpc) is 3.20. The molecule has 4 rings (SSSR count). The minimum Gasteiger partial charge on any atom is -0.322 e. The molecular weight excluding hydrogens is 374 g/mol. The van der Waals surface area contributed by atoms with Crippen LogP contribution in [-0.4, -0.2) is 18.5 Å². The third-order valence-corrected chi connectivity index (χ3v) is 5.66. The van der Waals surface area contributed by atoms with E-state index in [1.54, 1.807) is 4.90 Å². The maximum Gasteiger partial charge on any atom is 0.320 e. The molecule has 152 valence electrons. The number of hydrogen-bond donors (Lipinski definition) is 2. The fourth-order valence-electron chi connectivity index (χ4n) is 3.83. The van der Waals surface area contributed by atoms with E-state index in [9.17, 15) is 9.59 Å². The van der Waals surface area contributed by atoms with Crippen LogP contribution >= 0.6 is 0 Å². The number of amides is 3. The van der Waals surface area contributed by atoms with Crippen LogP contribution in [0.2, 0.25) is 0 Å². The van der Waals surface area contributed by atoms with Crippen molar-refractivity contribution in [1.29, 1.82) is 0 Å². The van der Waals surface area contributed by atoms with Gasteiger partial charge in [-0.2, -0.15) is 0 Å². The number of fused-ring (bicyclic) bond motifs is 1. The van der Waals surface area contributed by atoms with E-state index in [4.69, 9.17) is 0 Å². The molecule has 0 spiro atoms. The SMILES string of the molecule is Cc1cccc(NC(=O)N[C@H](C(=O)N2CCc3ccccc32)c2ccccc2)c1C. The van der Waals surface area contributed by atoms with Crippen LogP contribution in [0.3, 0.4) is 0 Å². The molecule has 1 aliphatic rings. The predicted molar refractivity (Wildman–Crippen MR) is 120 cm³/mol. The molecule has 0 aliphatic carbocycles. The third kappa shape index (κ3) is 3.92. The first-order valence-corrected chi connectivity index (χ1v) is 10.1. The van der Waals surface area contributed by atoms with Gasteiger partial charge in [0.05, 0.1) is 0 Å². The molecule has 0 saturated carbocycles. The van der Waals surface area contributed by atoms with Crippen LogP contribution < -0.4 is 15.5 Å². The molecule has 0 bridgehead atoms. The Hall–Kier alpha value is -3.60. The lowest BCUT2D eigenvalue weighted by atomic mass is 10.1. The fraction of sp³-hybridized carbons (Fsp3) is 0.200. The smallest absolute Gasteiger partial charge is 0.320 e. The highest BCUT2D eigenvalue weighted by Gasteiger charge is 2.32. The second kappa shape index (κ2) is 8.41. The van der Waals surface area contributed by atoms with Gasteiger partial charge in [-0.3, -0.25) is 4.79 Å². The molecule has 0 fully saturated rings. The summed E-state index contributed by atoms with van der Waals surface area (Å²) in [5.74, 6) is -0.137. The summed E-state index contributed by atoms with van der Waals surface area (Å²) in [6.07, 6.45) is 0.818. The topological polar surface area (TPSA) is 61.4 Å². The van der Waals surface area contributed by atoms with Gasteiger partial charge in [-0.1, -0.05) is 60.7 Å². The van der Waals surface area contributed by atoms with Gasteiger partial charge in [0.15, 0.2) is 0 Å². The van der Waals surface area contributed by atoms with Gasteiger partial charge < -0.3 is 15.5 Å². The van der Waals surface area contributed by atoms with E-state index in [-0.39, 0.29) is 5.91 Å². The molecule has 2 N–H and O–H groups in total. The van der Waals surface area contributed by atoms with Crippen LogP contribution in [0.25, 0.3) is 0 Å². The lowest BCUT2D eigenvalue weighted by Crippen LogP contribution is -2.44. The summed E-state index contributed by atoms with van der Waals surface area (Å²) >= 11 is 0. The average molecular weight is 399 g/mol. The van der Waals surface area contributed by atoms with E-state index < -0.39 is 12.1 Å². The minimum atomic E-state index is -0.775. The molecule has 30 heavy (non-hydrogen) atoms. The van der Waals surface area contributed by atoms with Gasteiger partial charge in [0, 0.05) is 17.9 Å². The number of anilines is 2. The minimum absolute atomic E-state index is 0.137. The number of benzene rings is 3. The van der Waals surface area contributed by atoms with E-state index >= 15 is 0 Å². The Labute approximate surface area is 176 Å². The molecule has 3 aromatic rings. The fourth-order valence-corrected chi connectivity index (χ4v) is 3.83. The molecule has 3 amide bonds. The van der Waals surface area contributed by atoms with Gasteiger partial charge in [-0.25, -0.2) is 4.79 Å². The van der Waals surface area contributed by atoms with Crippen LogP contribution in [0.1, 0.15) is 28.3 Å². The van der Waals surface area contributed by atoms with Gasteiger partial charge in [-0.15, -0.1) is 0 Å². The molecule has 1 aliphatic heterocycles. The van der Waals surface area contributed by atoms with E-state index in [1.165, 1.54) is 0 Å². The Morgan fingerprint density at radius 3 is 2.43 bits per heavy atom. The summed E-state index contributed by atoms with van der Waals surface area (Å²) in [6, 6.07) is 21.9. The van der Waals surface area contributed by atoms with Crippen molar-refractivity contribution in [2.75, 3.05) is 16.8 Å². The van der Waals surface area contributed by atoms with Gasteiger partial charge in [0.2, 0.25) is 0 Å². The zero-order valence-corrected chi connectivity index (χ0v) is 17.2. The summed E-state index contributed by atoms with van der Waals surface area (Å²) in [5, 5.41) is 5.79. The Morgan fingerprint density at radius 2 is 1.63 bits per heavy atom. The number of carbonyl (C=O) groups is 2. The van der Waals surface area contributed by atoms with Crippen LogP contribution in [-0.2, 0) is 11.2 Å². The number of aryl methyl sites for hydroxylation is 1. The summed E-state index contributed by atoms with van der Waals surface area (Å²) < 4.78 is 0. The third-order valence-electron chi connectivity index (χ3n) is 5.66. The first kappa shape index (κ1) is 19.7. The van der Waals surface area contributed by atoms with Crippen LogP contribution in [0.5, 0.6) is 0 Å². The van der Waals surface area contributed by atoms with Crippen LogP contribution in [0.15, 0.2) is 72.8 Å². The van der Waals surface area contributed by atoms with E-state index in [0.29, 0.717) is 6.54 Å². The molecule has 0 saturated heterocycles. The predicted octanol–water partition coefficient (Wildman–Crippen LogP) is 4.76. The summed E-state index contributed by atoms with van der Waals surface area (Å²) in [7, 11) is 0. The lowest BCUT2D eigenvalue weighted by Gasteiger charge is -2.25. The summed E-state index contributed by atoms with van der Waals surface area (Å²) in [6.45, 7) is 4.58. The van der Waals surface area contributed by atoms with Crippen molar-refractivity contribution in [3.63, 3.8) is 0 Å². The Bertz CT molecular complexity index is 1080. The maximum atomic E-state index is 13.5. The van der Waals surface area contributed by atoms with E-state index in [1.807, 2.05) is 86.6 Å². The Morgan fingerprint density at radius 1 is 0.900 bits per heavy atom. The number of para-hydroxylation sites is 1. The highest BCUT2D eigenvalue weighted by atomic mass is 16.2. The van der Waals surface area contributed by atoms with Crippen LogP contribution in [0, 0.1) is 13.8 Å². The van der Waals surface area contributed by atoms with Crippen molar-refractivity contribution < 1.29 is 9.59 Å². The number of rotatable bonds is 4. The molecule has 1 atom stereocenters. The summed E-state index contributed by atoms with van der Waals surface area (Å²) in [5.41, 5.74) is 5.65. The molecule has 5 nitrogen and oxygen atoms in total. The van der Waals surface area contributed by atoms with Gasteiger partial charge in [0.1, 0.15) is 6.04 Å². The standard InChI is InChI=1S/C25H25N3O2/c1-17-9-8-13-21(18(17)2)26-25(30)27-23(20-11-4-3-5-12-20)24(29)28-16-15-19-10-6-7-14-22(19)28/h3-14,23H,15-16H2,1-2H3,(H2,26,27,30)/t23-/m0/s1. The number of nitrogens with one attached hydrogen (secondary N) is 2. The van der Waals surface area contributed by atoms with Gasteiger partial charge >= 0.3 is 6.03 Å². The van der Waals surface area contributed by atoms with Crippen molar-refractivity contribution in [3.8, 4) is 0 Å². The van der Waals surface area contributed by atoms with Crippen molar-refractivity contribution >= 4 is 23.3 Å². The van der Waals surface area contributed by atoms with E-state index in [0.717, 1.165) is 40.0 Å². The lowest BCUT2D eigenvalue weighted by molar-refractivity contribution is -0.120. The van der Waals surface area contributed by atoms with Crippen molar-refractivity contribution in [2.24, 2.45) is 0 Å². The van der Waals surface area contributed by atoms with Crippen molar-refractivity contribution in [1.82, 2.24) is 5.32 Å². The quantitative estimate of drug-likeness (QED) is 0.665. The monoisotopic (exact) mass is 399 g/mol. The van der Waals surface area contributed by atoms with Gasteiger partial charge in [0.25, 0.3) is 5.91 Å². The molecular formula is C25H25N3O2. The summed E-state index contributed by atoms with van der Waals surface area (Å²) in [4.78, 5) is 28.1. The highest BCUT2D eigenvalue weighted by Crippen LogP contribution is 2.30. The normalized spacial score (nSPS) is 13.5. The molecule has 1 heterocycles. The molecule has 3 aromatic carbocycles. The highest BCUT2D eigenvalue weighted by molar-refractivity contribution is 6.02. The largest absolute Gasteiger partial charge is 0.322 e. The second-order valence-electron chi connectivity index (χ2n) is 7.56. The second-order valence-corrected chi connectivity index (χ2v) is 7.56. The molecule has 0 aromatic heterocycles. The maximum absolute atomic E-state index is 13.5. The molecule has 0 radical (unpaired) electrons. The first-order chi connectivity index (χ1) is 14.5. The zero-order valence-electron chi connectivity index (χ0n) is 17.2. The molecule has 0 unspecified atom stereocenters. The van der Waals surface area contributed by atoms with Crippen LogP contribution in [0.4, 0.5) is 16.2 Å².